The van der Waals surface area contributed by atoms with Gasteiger partial charge in [-0.05, 0) is 24.3 Å². The molecule has 0 aliphatic rings. The second-order valence-electron chi connectivity index (χ2n) is 5.11. The SMILES string of the molecule is COc1ccc(NCC(=O)NCCOc2ccccc2)cc1OC(F)F. The molecule has 140 valence electrons. The quantitative estimate of drug-likeness (QED) is 0.633. The minimum Gasteiger partial charge on any atom is -0.493 e. The first-order valence-corrected chi connectivity index (χ1v) is 7.89. The highest BCUT2D eigenvalue weighted by atomic mass is 19.3. The molecule has 0 fully saturated rings. The lowest BCUT2D eigenvalue weighted by Gasteiger charge is -2.13. The van der Waals surface area contributed by atoms with Crippen molar-refractivity contribution in [3.8, 4) is 17.2 Å². The second-order valence-corrected chi connectivity index (χ2v) is 5.11. The Morgan fingerprint density at radius 2 is 1.88 bits per heavy atom. The Hall–Kier alpha value is -3.03. The molecule has 0 spiro atoms. The first kappa shape index (κ1) is 19.3. The van der Waals surface area contributed by atoms with E-state index in [1.807, 2.05) is 30.3 Å². The van der Waals surface area contributed by atoms with Gasteiger partial charge in [-0.25, -0.2) is 0 Å². The number of nitrogens with one attached hydrogen (secondary N) is 2. The lowest BCUT2D eigenvalue weighted by atomic mass is 10.2. The first-order chi connectivity index (χ1) is 12.6. The van der Waals surface area contributed by atoms with Crippen molar-refractivity contribution < 1.29 is 27.8 Å². The molecule has 0 unspecified atom stereocenters. The van der Waals surface area contributed by atoms with Crippen LogP contribution in [0.2, 0.25) is 0 Å². The number of rotatable bonds is 10. The molecule has 0 aliphatic heterocycles. The van der Waals surface area contributed by atoms with Crippen LogP contribution in [0.3, 0.4) is 0 Å². The molecule has 0 atom stereocenters. The summed E-state index contributed by atoms with van der Waals surface area (Å²) in [5.41, 5.74) is 0.456. The van der Waals surface area contributed by atoms with Crippen LogP contribution in [0.5, 0.6) is 17.2 Å². The van der Waals surface area contributed by atoms with E-state index in [4.69, 9.17) is 9.47 Å². The van der Waals surface area contributed by atoms with Gasteiger partial charge in [0.1, 0.15) is 12.4 Å². The monoisotopic (exact) mass is 366 g/mol. The molecular formula is C18H20F2N2O4. The van der Waals surface area contributed by atoms with Gasteiger partial charge in [-0.3, -0.25) is 4.79 Å². The molecule has 26 heavy (non-hydrogen) atoms. The number of ether oxygens (including phenoxy) is 3. The zero-order valence-corrected chi connectivity index (χ0v) is 14.2. The molecule has 2 N–H and O–H groups in total. The third kappa shape index (κ3) is 6.46. The zero-order chi connectivity index (χ0) is 18.8. The van der Waals surface area contributed by atoms with Crippen LogP contribution in [0.1, 0.15) is 0 Å². The van der Waals surface area contributed by atoms with Crippen LogP contribution in [0.15, 0.2) is 48.5 Å². The minimum atomic E-state index is -2.97. The fourth-order valence-electron chi connectivity index (χ4n) is 2.10. The summed E-state index contributed by atoms with van der Waals surface area (Å²) in [6.45, 7) is -2.30. The van der Waals surface area contributed by atoms with Crippen LogP contribution in [0, 0.1) is 0 Å². The van der Waals surface area contributed by atoms with Gasteiger partial charge in [0.05, 0.1) is 20.2 Å². The summed E-state index contributed by atoms with van der Waals surface area (Å²) < 4.78 is 39.6. The van der Waals surface area contributed by atoms with Gasteiger partial charge in [-0.2, -0.15) is 8.78 Å². The number of para-hydroxylation sites is 1. The van der Waals surface area contributed by atoms with Crippen molar-refractivity contribution in [3.63, 3.8) is 0 Å². The van der Waals surface area contributed by atoms with Gasteiger partial charge in [0.15, 0.2) is 11.5 Å². The number of methoxy groups -OCH3 is 1. The van der Waals surface area contributed by atoms with Crippen molar-refractivity contribution >= 4 is 11.6 Å². The summed E-state index contributed by atoms with van der Waals surface area (Å²) in [5, 5.41) is 5.52. The Kier molecular flexibility index (Phi) is 7.48. The van der Waals surface area contributed by atoms with Crippen LogP contribution in [-0.4, -0.2) is 39.3 Å². The van der Waals surface area contributed by atoms with Crippen molar-refractivity contribution in [2.45, 2.75) is 6.61 Å². The Morgan fingerprint density at radius 3 is 2.58 bits per heavy atom. The maximum Gasteiger partial charge on any atom is 0.387 e. The Morgan fingerprint density at radius 1 is 1.12 bits per heavy atom. The molecule has 0 saturated heterocycles. The number of benzene rings is 2. The fourth-order valence-corrected chi connectivity index (χ4v) is 2.10. The van der Waals surface area contributed by atoms with Gasteiger partial charge < -0.3 is 24.8 Å². The van der Waals surface area contributed by atoms with Crippen LogP contribution in [-0.2, 0) is 4.79 Å². The lowest BCUT2D eigenvalue weighted by molar-refractivity contribution is -0.119. The summed E-state index contributed by atoms with van der Waals surface area (Å²) in [5.74, 6) is 0.543. The van der Waals surface area contributed by atoms with Gasteiger partial charge in [-0.1, -0.05) is 18.2 Å². The predicted molar refractivity (Wildman–Crippen MR) is 93.1 cm³/mol. The summed E-state index contributed by atoms with van der Waals surface area (Å²) in [6, 6.07) is 13.7. The number of anilines is 1. The average Bonchev–Trinajstić information content (AvgIpc) is 2.64. The Labute approximate surface area is 150 Å². The maximum absolute atomic E-state index is 12.4. The fraction of sp³-hybridized carbons (Fsp3) is 0.278. The van der Waals surface area contributed by atoms with E-state index in [-0.39, 0.29) is 24.0 Å². The van der Waals surface area contributed by atoms with Crippen molar-refractivity contribution in [1.82, 2.24) is 5.32 Å². The smallest absolute Gasteiger partial charge is 0.387 e. The molecule has 0 aromatic heterocycles. The average molecular weight is 366 g/mol. The summed E-state index contributed by atoms with van der Waals surface area (Å²) >= 11 is 0. The third-order valence-corrected chi connectivity index (χ3v) is 3.27. The van der Waals surface area contributed by atoms with E-state index in [9.17, 15) is 13.6 Å². The molecule has 0 aliphatic carbocycles. The number of carbonyl (C=O) groups is 1. The van der Waals surface area contributed by atoms with Gasteiger partial charge in [0.25, 0.3) is 0 Å². The Bertz CT molecular complexity index is 699. The molecule has 2 rings (SSSR count). The summed E-state index contributed by atoms with van der Waals surface area (Å²) in [6.07, 6.45) is 0. The first-order valence-electron chi connectivity index (χ1n) is 7.89. The largest absolute Gasteiger partial charge is 0.493 e. The van der Waals surface area contributed by atoms with E-state index in [2.05, 4.69) is 15.4 Å². The van der Waals surface area contributed by atoms with Crippen molar-refractivity contribution in [3.05, 3.63) is 48.5 Å². The topological polar surface area (TPSA) is 68.8 Å². The summed E-state index contributed by atoms with van der Waals surface area (Å²) in [7, 11) is 1.35. The molecule has 1 amide bonds. The van der Waals surface area contributed by atoms with E-state index >= 15 is 0 Å². The predicted octanol–water partition coefficient (Wildman–Crippen LogP) is 2.90. The molecule has 0 radical (unpaired) electrons. The molecule has 8 heteroatoms. The highest BCUT2D eigenvalue weighted by Crippen LogP contribution is 2.31. The van der Waals surface area contributed by atoms with E-state index in [0.29, 0.717) is 18.8 Å². The van der Waals surface area contributed by atoms with Gasteiger partial charge in [-0.15, -0.1) is 0 Å². The number of hydrogen-bond acceptors (Lipinski definition) is 5. The van der Waals surface area contributed by atoms with Crippen molar-refractivity contribution in [1.29, 1.82) is 0 Å². The van der Waals surface area contributed by atoms with E-state index in [1.165, 1.54) is 19.2 Å². The van der Waals surface area contributed by atoms with E-state index in [0.717, 1.165) is 5.75 Å². The Balaban J connectivity index is 1.74. The number of alkyl halides is 2. The highest BCUT2D eigenvalue weighted by molar-refractivity contribution is 5.80. The number of halogens is 2. The number of amides is 1. The normalized spacial score (nSPS) is 10.3. The minimum absolute atomic E-state index is 0.0220. The van der Waals surface area contributed by atoms with Crippen molar-refractivity contribution in [2.75, 3.05) is 32.1 Å². The van der Waals surface area contributed by atoms with E-state index in [1.54, 1.807) is 6.07 Å². The standard InChI is InChI=1S/C18H20F2N2O4/c1-24-15-8-7-13(11-16(15)26-18(19)20)22-12-17(23)21-9-10-25-14-5-3-2-4-6-14/h2-8,11,18,22H,9-10,12H2,1H3,(H,21,23). The van der Waals surface area contributed by atoms with Gasteiger partial charge >= 0.3 is 6.61 Å². The second kappa shape index (κ2) is 10.1. The number of hydrogen-bond donors (Lipinski definition) is 2. The highest BCUT2D eigenvalue weighted by Gasteiger charge is 2.11. The third-order valence-electron chi connectivity index (χ3n) is 3.27. The summed E-state index contributed by atoms with van der Waals surface area (Å²) in [4.78, 5) is 11.8. The van der Waals surface area contributed by atoms with Crippen LogP contribution >= 0.6 is 0 Å². The van der Waals surface area contributed by atoms with E-state index < -0.39 is 6.61 Å². The van der Waals surface area contributed by atoms with Crippen LogP contribution in [0.4, 0.5) is 14.5 Å². The number of carbonyl (C=O) groups excluding carboxylic acids is 1. The molecule has 2 aromatic carbocycles. The van der Waals surface area contributed by atoms with Crippen molar-refractivity contribution in [2.24, 2.45) is 0 Å². The van der Waals surface area contributed by atoms with Gasteiger partial charge in [0, 0.05) is 11.8 Å². The molecule has 6 nitrogen and oxygen atoms in total. The maximum atomic E-state index is 12.4. The molecule has 2 aromatic rings. The zero-order valence-electron chi connectivity index (χ0n) is 14.2. The molecule has 0 heterocycles. The van der Waals surface area contributed by atoms with Gasteiger partial charge in [0.2, 0.25) is 5.91 Å². The lowest BCUT2D eigenvalue weighted by Crippen LogP contribution is -2.33. The van der Waals surface area contributed by atoms with Crippen LogP contribution in [0.25, 0.3) is 0 Å². The molecule has 0 bridgehead atoms. The molecule has 0 saturated carbocycles. The molecular weight excluding hydrogens is 346 g/mol. The van der Waals surface area contributed by atoms with Crippen LogP contribution < -0.4 is 24.8 Å².